The van der Waals surface area contributed by atoms with Gasteiger partial charge in [-0.15, -0.1) is 0 Å². The standard InChI is InChI=1S/C50H96O6/c1-6-8-9-10-11-12-13-18-21-24-30-35-40-48(51)54-43-47(56-50(53)42-37-32-27-26-29-34-39-46(5)7-2)44-55-49(52)41-36-31-25-22-19-16-14-15-17-20-23-28-33-38-45(3)4/h45-47H,6-44H2,1-5H3/t46?,47-/m0/s1. The largest absolute Gasteiger partial charge is 0.462 e. The minimum atomic E-state index is -0.761. The third kappa shape index (κ3) is 42.0. The normalized spacial score (nSPS) is 12.5. The molecular weight excluding hydrogens is 697 g/mol. The molecule has 0 aliphatic carbocycles. The quantitative estimate of drug-likeness (QED) is 0.0347. The third-order valence-corrected chi connectivity index (χ3v) is 11.6. The van der Waals surface area contributed by atoms with Crippen LogP contribution in [0.25, 0.3) is 0 Å². The summed E-state index contributed by atoms with van der Waals surface area (Å²) in [4.78, 5) is 37.8. The van der Waals surface area contributed by atoms with E-state index in [1.165, 1.54) is 161 Å². The molecule has 332 valence electrons. The van der Waals surface area contributed by atoms with Gasteiger partial charge in [0.25, 0.3) is 0 Å². The van der Waals surface area contributed by atoms with Gasteiger partial charge < -0.3 is 14.2 Å². The van der Waals surface area contributed by atoms with E-state index in [1.807, 2.05) is 0 Å². The average molecular weight is 793 g/mol. The molecule has 0 amide bonds. The molecule has 1 unspecified atom stereocenters. The zero-order valence-corrected chi connectivity index (χ0v) is 38.3. The van der Waals surface area contributed by atoms with Gasteiger partial charge >= 0.3 is 17.9 Å². The minimum absolute atomic E-state index is 0.0649. The number of ether oxygens (including phenoxy) is 3. The van der Waals surface area contributed by atoms with Crippen LogP contribution in [-0.4, -0.2) is 37.2 Å². The lowest BCUT2D eigenvalue weighted by molar-refractivity contribution is -0.167. The van der Waals surface area contributed by atoms with Crippen molar-refractivity contribution in [3.63, 3.8) is 0 Å². The summed E-state index contributed by atoms with van der Waals surface area (Å²) >= 11 is 0. The van der Waals surface area contributed by atoms with Gasteiger partial charge in [-0.3, -0.25) is 14.4 Å². The first kappa shape index (κ1) is 54.4. The molecule has 0 aliphatic rings. The summed E-state index contributed by atoms with van der Waals surface area (Å²) in [6, 6.07) is 0. The SMILES string of the molecule is CCCCCCCCCCCCCCC(=O)OC[C@@H](COC(=O)CCCCCCCCCCCCCCCC(C)C)OC(=O)CCCCCCCCC(C)CC. The molecule has 6 nitrogen and oxygen atoms in total. The molecule has 0 aromatic carbocycles. The van der Waals surface area contributed by atoms with Crippen molar-refractivity contribution in [2.75, 3.05) is 13.2 Å². The Morgan fingerprint density at radius 1 is 0.375 bits per heavy atom. The van der Waals surface area contributed by atoms with E-state index in [4.69, 9.17) is 14.2 Å². The number of unbranched alkanes of at least 4 members (excludes halogenated alkanes) is 28. The van der Waals surface area contributed by atoms with Crippen molar-refractivity contribution in [1.29, 1.82) is 0 Å². The summed E-state index contributed by atoms with van der Waals surface area (Å²) in [6.45, 7) is 11.3. The summed E-state index contributed by atoms with van der Waals surface area (Å²) in [5, 5.41) is 0. The van der Waals surface area contributed by atoms with Crippen LogP contribution in [0, 0.1) is 11.8 Å². The highest BCUT2D eigenvalue weighted by Gasteiger charge is 2.19. The lowest BCUT2D eigenvalue weighted by atomic mass is 10.00. The van der Waals surface area contributed by atoms with Gasteiger partial charge in [0, 0.05) is 19.3 Å². The van der Waals surface area contributed by atoms with E-state index in [2.05, 4.69) is 34.6 Å². The van der Waals surface area contributed by atoms with Crippen LogP contribution in [0.15, 0.2) is 0 Å². The predicted molar refractivity (Wildman–Crippen MR) is 238 cm³/mol. The molecule has 0 spiro atoms. The number of carbonyl (C=O) groups excluding carboxylic acids is 3. The maximum atomic E-state index is 12.7. The Balaban J connectivity index is 4.29. The molecule has 0 radical (unpaired) electrons. The summed E-state index contributed by atoms with van der Waals surface area (Å²) in [6.07, 6.45) is 42.3. The van der Waals surface area contributed by atoms with Crippen LogP contribution in [0.4, 0.5) is 0 Å². The number of hydrogen-bond acceptors (Lipinski definition) is 6. The van der Waals surface area contributed by atoms with E-state index < -0.39 is 6.10 Å². The first-order chi connectivity index (χ1) is 27.3. The van der Waals surface area contributed by atoms with Crippen molar-refractivity contribution in [1.82, 2.24) is 0 Å². The molecule has 56 heavy (non-hydrogen) atoms. The van der Waals surface area contributed by atoms with E-state index in [0.717, 1.165) is 69.6 Å². The van der Waals surface area contributed by atoms with Crippen LogP contribution >= 0.6 is 0 Å². The lowest BCUT2D eigenvalue weighted by Gasteiger charge is -2.18. The summed E-state index contributed by atoms with van der Waals surface area (Å²) in [5.74, 6) is 0.795. The molecule has 0 aliphatic heterocycles. The summed E-state index contributed by atoms with van der Waals surface area (Å²) in [5.41, 5.74) is 0. The van der Waals surface area contributed by atoms with E-state index >= 15 is 0 Å². The lowest BCUT2D eigenvalue weighted by Crippen LogP contribution is -2.30. The second kappa shape index (κ2) is 43.0. The monoisotopic (exact) mass is 793 g/mol. The maximum absolute atomic E-state index is 12.7. The Labute approximate surface area is 348 Å². The molecule has 0 N–H and O–H groups in total. The smallest absolute Gasteiger partial charge is 0.306 e. The first-order valence-corrected chi connectivity index (χ1v) is 24.8. The zero-order chi connectivity index (χ0) is 41.2. The van der Waals surface area contributed by atoms with E-state index in [-0.39, 0.29) is 31.1 Å². The highest BCUT2D eigenvalue weighted by atomic mass is 16.6. The van der Waals surface area contributed by atoms with Crippen LogP contribution in [-0.2, 0) is 28.6 Å². The Morgan fingerprint density at radius 3 is 1.02 bits per heavy atom. The highest BCUT2D eigenvalue weighted by Crippen LogP contribution is 2.17. The fourth-order valence-electron chi connectivity index (χ4n) is 7.43. The molecular formula is C50H96O6. The van der Waals surface area contributed by atoms with Crippen molar-refractivity contribution >= 4 is 17.9 Å². The fraction of sp³-hybridized carbons (Fsp3) is 0.940. The second-order valence-electron chi connectivity index (χ2n) is 17.8. The molecule has 0 saturated carbocycles. The molecule has 0 bridgehead atoms. The van der Waals surface area contributed by atoms with Crippen LogP contribution in [0.1, 0.15) is 272 Å². The van der Waals surface area contributed by atoms with Gasteiger partial charge in [0.15, 0.2) is 6.10 Å². The van der Waals surface area contributed by atoms with Gasteiger partial charge in [-0.2, -0.15) is 0 Å². The molecule has 0 fully saturated rings. The van der Waals surface area contributed by atoms with Gasteiger partial charge in [-0.25, -0.2) is 0 Å². The molecule has 0 saturated heterocycles. The van der Waals surface area contributed by atoms with Gasteiger partial charge in [0.2, 0.25) is 0 Å². The van der Waals surface area contributed by atoms with Crippen molar-refractivity contribution in [2.24, 2.45) is 11.8 Å². The Bertz CT molecular complexity index is 856. The topological polar surface area (TPSA) is 78.9 Å². The van der Waals surface area contributed by atoms with Gasteiger partial charge in [0.05, 0.1) is 0 Å². The molecule has 0 aromatic rings. The van der Waals surface area contributed by atoms with Crippen molar-refractivity contribution in [2.45, 2.75) is 278 Å². The average Bonchev–Trinajstić information content (AvgIpc) is 3.18. The molecule has 6 heteroatoms. The van der Waals surface area contributed by atoms with Gasteiger partial charge in [-0.05, 0) is 31.1 Å². The van der Waals surface area contributed by atoms with Crippen LogP contribution in [0.5, 0.6) is 0 Å². The first-order valence-electron chi connectivity index (χ1n) is 24.8. The van der Waals surface area contributed by atoms with Gasteiger partial charge in [0.1, 0.15) is 13.2 Å². The second-order valence-corrected chi connectivity index (χ2v) is 17.8. The van der Waals surface area contributed by atoms with E-state index in [1.54, 1.807) is 0 Å². The Hall–Kier alpha value is -1.59. The maximum Gasteiger partial charge on any atom is 0.306 e. The molecule has 0 heterocycles. The summed E-state index contributed by atoms with van der Waals surface area (Å²) < 4.78 is 16.8. The molecule has 0 aromatic heterocycles. The van der Waals surface area contributed by atoms with E-state index in [9.17, 15) is 14.4 Å². The van der Waals surface area contributed by atoms with Crippen molar-refractivity contribution in [3.8, 4) is 0 Å². The number of rotatable bonds is 44. The minimum Gasteiger partial charge on any atom is -0.462 e. The van der Waals surface area contributed by atoms with Crippen molar-refractivity contribution in [3.05, 3.63) is 0 Å². The van der Waals surface area contributed by atoms with Crippen LogP contribution < -0.4 is 0 Å². The molecule has 2 atom stereocenters. The Morgan fingerprint density at radius 2 is 0.679 bits per heavy atom. The Kier molecular flexibility index (Phi) is 41.8. The van der Waals surface area contributed by atoms with Crippen LogP contribution in [0.3, 0.4) is 0 Å². The number of hydrogen-bond donors (Lipinski definition) is 0. The highest BCUT2D eigenvalue weighted by molar-refractivity contribution is 5.71. The molecule has 0 rings (SSSR count). The number of carbonyl (C=O) groups is 3. The van der Waals surface area contributed by atoms with Gasteiger partial charge in [-0.1, -0.05) is 234 Å². The van der Waals surface area contributed by atoms with Crippen LogP contribution in [0.2, 0.25) is 0 Å². The van der Waals surface area contributed by atoms with Crippen molar-refractivity contribution < 1.29 is 28.6 Å². The number of esters is 3. The predicted octanol–water partition coefficient (Wildman–Crippen LogP) is 15.8. The van der Waals surface area contributed by atoms with E-state index in [0.29, 0.717) is 19.3 Å². The third-order valence-electron chi connectivity index (χ3n) is 11.6. The summed E-state index contributed by atoms with van der Waals surface area (Å²) in [7, 11) is 0. The fourth-order valence-corrected chi connectivity index (χ4v) is 7.43. The zero-order valence-electron chi connectivity index (χ0n) is 38.3.